The van der Waals surface area contributed by atoms with Gasteiger partial charge in [-0.3, -0.25) is 9.78 Å². The highest BCUT2D eigenvalue weighted by Gasteiger charge is 2.39. The molecule has 6 heteroatoms. The Kier molecular flexibility index (Phi) is 3.82. The molecule has 2 aliphatic heterocycles. The van der Waals surface area contributed by atoms with Crippen LogP contribution in [0.5, 0.6) is 0 Å². The van der Waals surface area contributed by atoms with Crippen LogP contribution < -0.4 is 4.90 Å². The lowest BCUT2D eigenvalue weighted by atomic mass is 10.0. The van der Waals surface area contributed by atoms with E-state index in [1.165, 1.54) is 4.90 Å². The van der Waals surface area contributed by atoms with Gasteiger partial charge < -0.3 is 19.3 Å². The van der Waals surface area contributed by atoms with Crippen LogP contribution >= 0.6 is 0 Å². The van der Waals surface area contributed by atoms with Gasteiger partial charge in [-0.15, -0.1) is 0 Å². The van der Waals surface area contributed by atoms with Crippen molar-refractivity contribution in [1.29, 1.82) is 0 Å². The van der Waals surface area contributed by atoms with Gasteiger partial charge in [-0.05, 0) is 12.1 Å². The number of nitrogens with zero attached hydrogens (tertiary/aromatic N) is 3. The fourth-order valence-corrected chi connectivity index (χ4v) is 2.85. The summed E-state index contributed by atoms with van der Waals surface area (Å²) < 4.78 is 11.5. The van der Waals surface area contributed by atoms with Gasteiger partial charge in [0.15, 0.2) is 5.79 Å². The molecular formula is C15H21N3O3. The first-order valence-electron chi connectivity index (χ1n) is 7.30. The van der Waals surface area contributed by atoms with Crippen molar-refractivity contribution >= 4 is 11.6 Å². The minimum Gasteiger partial charge on any atom is -0.371 e. The molecule has 2 aliphatic rings. The zero-order chi connectivity index (χ0) is 14.9. The molecule has 0 unspecified atom stereocenters. The second-order valence-electron chi connectivity index (χ2n) is 5.69. The van der Waals surface area contributed by atoms with Crippen LogP contribution in [0.3, 0.4) is 0 Å². The fourth-order valence-electron chi connectivity index (χ4n) is 2.85. The summed E-state index contributed by atoms with van der Waals surface area (Å²) in [5.74, 6) is -0.445. The van der Waals surface area contributed by atoms with E-state index in [4.69, 9.17) is 9.47 Å². The third-order valence-corrected chi connectivity index (χ3v) is 4.07. The van der Waals surface area contributed by atoms with E-state index in [1.807, 2.05) is 12.1 Å². The number of piperidine rings is 1. The monoisotopic (exact) mass is 291 g/mol. The smallest absolute Gasteiger partial charge is 0.272 e. The van der Waals surface area contributed by atoms with Crippen molar-refractivity contribution in [3.05, 3.63) is 24.0 Å². The lowest BCUT2D eigenvalue weighted by Gasteiger charge is -2.38. The number of rotatable bonds is 2. The van der Waals surface area contributed by atoms with Crippen molar-refractivity contribution in [3.63, 3.8) is 0 Å². The summed E-state index contributed by atoms with van der Waals surface area (Å²) >= 11 is 0. The van der Waals surface area contributed by atoms with Crippen molar-refractivity contribution in [3.8, 4) is 0 Å². The molecule has 0 bridgehead atoms. The van der Waals surface area contributed by atoms with Crippen LogP contribution in [0.15, 0.2) is 18.3 Å². The minimum absolute atomic E-state index is 0.0761. The normalized spacial score (nSPS) is 20.8. The molecule has 0 saturated carbocycles. The lowest BCUT2D eigenvalue weighted by Crippen LogP contribution is -2.45. The first kappa shape index (κ1) is 14.3. The van der Waals surface area contributed by atoms with E-state index in [0.29, 0.717) is 18.9 Å². The highest BCUT2D eigenvalue weighted by atomic mass is 16.7. The number of hydrogen-bond acceptors (Lipinski definition) is 5. The molecule has 0 N–H and O–H groups in total. The molecule has 0 aliphatic carbocycles. The number of pyridine rings is 1. The number of carbonyl (C=O) groups excluding carboxylic acids is 1. The van der Waals surface area contributed by atoms with Crippen LogP contribution in [0.25, 0.3) is 0 Å². The van der Waals surface area contributed by atoms with Gasteiger partial charge >= 0.3 is 0 Å². The summed E-state index contributed by atoms with van der Waals surface area (Å²) in [6.45, 7) is 3.10. The molecule has 1 aromatic heterocycles. The molecule has 6 nitrogen and oxygen atoms in total. The molecule has 3 rings (SSSR count). The lowest BCUT2D eigenvalue weighted by molar-refractivity contribution is -0.169. The average Bonchev–Trinajstić information content (AvgIpc) is 2.95. The van der Waals surface area contributed by atoms with Crippen LogP contribution in [0.4, 0.5) is 5.69 Å². The Morgan fingerprint density at radius 3 is 2.57 bits per heavy atom. The number of hydrogen-bond donors (Lipinski definition) is 0. The summed E-state index contributed by atoms with van der Waals surface area (Å²) in [4.78, 5) is 19.9. The number of carbonyl (C=O) groups is 1. The van der Waals surface area contributed by atoms with Crippen molar-refractivity contribution in [2.45, 2.75) is 18.6 Å². The average molecular weight is 291 g/mol. The highest BCUT2D eigenvalue weighted by molar-refractivity contribution is 5.92. The van der Waals surface area contributed by atoms with Crippen LogP contribution in [0.1, 0.15) is 23.3 Å². The molecule has 1 spiro atoms. The Morgan fingerprint density at radius 2 is 1.95 bits per heavy atom. The van der Waals surface area contributed by atoms with Crippen LogP contribution in [-0.2, 0) is 9.47 Å². The Balaban J connectivity index is 1.70. The molecule has 3 heterocycles. The van der Waals surface area contributed by atoms with Gasteiger partial charge in [0.2, 0.25) is 0 Å². The van der Waals surface area contributed by atoms with Gasteiger partial charge in [-0.2, -0.15) is 0 Å². The Labute approximate surface area is 124 Å². The first-order chi connectivity index (χ1) is 10.1. The largest absolute Gasteiger partial charge is 0.371 e. The number of anilines is 1. The molecule has 21 heavy (non-hydrogen) atoms. The molecule has 0 radical (unpaired) electrons. The van der Waals surface area contributed by atoms with E-state index in [-0.39, 0.29) is 11.7 Å². The standard InChI is InChI=1S/C15H21N3O3/c1-17(2)14(19)13-11-12(3-6-16-13)18-7-4-15(5-8-18)20-9-10-21-15/h3,6,11H,4-5,7-10H2,1-2H3. The van der Waals surface area contributed by atoms with E-state index in [9.17, 15) is 4.79 Å². The van der Waals surface area contributed by atoms with E-state index < -0.39 is 0 Å². The maximum atomic E-state index is 12.0. The molecule has 2 fully saturated rings. The molecular weight excluding hydrogens is 270 g/mol. The Morgan fingerprint density at radius 1 is 1.29 bits per heavy atom. The van der Waals surface area contributed by atoms with E-state index in [1.54, 1.807) is 20.3 Å². The molecule has 0 aromatic carbocycles. The summed E-state index contributed by atoms with van der Waals surface area (Å²) in [6, 6.07) is 3.80. The second kappa shape index (κ2) is 5.61. The topological polar surface area (TPSA) is 54.9 Å². The van der Waals surface area contributed by atoms with Gasteiger partial charge in [-0.25, -0.2) is 0 Å². The number of ether oxygens (including phenoxy) is 2. The maximum Gasteiger partial charge on any atom is 0.272 e. The zero-order valence-electron chi connectivity index (χ0n) is 12.5. The van der Waals surface area contributed by atoms with Crippen molar-refractivity contribution in [2.75, 3.05) is 45.3 Å². The van der Waals surface area contributed by atoms with Crippen molar-refractivity contribution < 1.29 is 14.3 Å². The van der Waals surface area contributed by atoms with E-state index in [0.717, 1.165) is 31.6 Å². The number of amides is 1. The highest BCUT2D eigenvalue weighted by Crippen LogP contribution is 2.33. The second-order valence-corrected chi connectivity index (χ2v) is 5.69. The predicted octanol–water partition coefficient (Wildman–Crippen LogP) is 1.13. The van der Waals surface area contributed by atoms with E-state index in [2.05, 4.69) is 9.88 Å². The quantitative estimate of drug-likeness (QED) is 0.817. The SMILES string of the molecule is CN(C)C(=O)c1cc(N2CCC3(CC2)OCCO3)ccn1. The minimum atomic E-state index is -0.369. The predicted molar refractivity (Wildman–Crippen MR) is 78.3 cm³/mol. The van der Waals surface area contributed by atoms with Crippen LogP contribution in [-0.4, -0.2) is 62.0 Å². The van der Waals surface area contributed by atoms with Crippen LogP contribution in [0, 0.1) is 0 Å². The molecule has 2 saturated heterocycles. The fraction of sp³-hybridized carbons (Fsp3) is 0.600. The third-order valence-electron chi connectivity index (χ3n) is 4.07. The molecule has 1 amide bonds. The number of aromatic nitrogens is 1. The molecule has 0 atom stereocenters. The van der Waals surface area contributed by atoms with Crippen molar-refractivity contribution in [1.82, 2.24) is 9.88 Å². The van der Waals surface area contributed by atoms with Crippen molar-refractivity contribution in [2.24, 2.45) is 0 Å². The summed E-state index contributed by atoms with van der Waals surface area (Å²) in [5.41, 5.74) is 1.51. The van der Waals surface area contributed by atoms with E-state index >= 15 is 0 Å². The summed E-state index contributed by atoms with van der Waals surface area (Å²) in [7, 11) is 3.46. The molecule has 114 valence electrons. The zero-order valence-corrected chi connectivity index (χ0v) is 12.5. The maximum absolute atomic E-state index is 12.0. The van der Waals surface area contributed by atoms with Gasteiger partial charge in [0.25, 0.3) is 5.91 Å². The van der Waals surface area contributed by atoms with Gasteiger partial charge in [0, 0.05) is 51.9 Å². The summed E-state index contributed by atoms with van der Waals surface area (Å²) in [5, 5.41) is 0. The first-order valence-corrected chi connectivity index (χ1v) is 7.30. The Hall–Kier alpha value is -1.66. The van der Waals surface area contributed by atoms with Crippen LogP contribution in [0.2, 0.25) is 0 Å². The Bertz CT molecular complexity index is 517. The van der Waals surface area contributed by atoms with Gasteiger partial charge in [-0.1, -0.05) is 0 Å². The van der Waals surface area contributed by atoms with Gasteiger partial charge in [0.05, 0.1) is 13.2 Å². The molecule has 1 aromatic rings. The van der Waals surface area contributed by atoms with Gasteiger partial charge in [0.1, 0.15) is 5.69 Å². The third kappa shape index (κ3) is 2.87. The summed E-state index contributed by atoms with van der Waals surface area (Å²) in [6.07, 6.45) is 3.40.